The van der Waals surface area contributed by atoms with Crippen molar-refractivity contribution in [2.24, 2.45) is 5.73 Å². The van der Waals surface area contributed by atoms with Crippen molar-refractivity contribution in [1.82, 2.24) is 4.90 Å². The number of nitrogens with two attached hydrogens (primary N) is 1. The summed E-state index contributed by atoms with van der Waals surface area (Å²) in [7, 11) is 0. The normalized spacial score (nSPS) is 12.4. The van der Waals surface area contributed by atoms with Crippen molar-refractivity contribution < 1.29 is 14.3 Å². The summed E-state index contributed by atoms with van der Waals surface area (Å²) in [6.45, 7) is 9.49. The van der Waals surface area contributed by atoms with Crippen molar-refractivity contribution in [3.05, 3.63) is 0 Å². The van der Waals surface area contributed by atoms with Crippen LogP contribution in [-0.4, -0.2) is 56.4 Å². The quantitative estimate of drug-likeness (QED) is 0.563. The molecular weight excluding hydrogens is 232 g/mol. The lowest BCUT2D eigenvalue weighted by atomic mass is 10.1. The minimum atomic E-state index is -0.404. The fourth-order valence-electron chi connectivity index (χ4n) is 1.64. The maximum absolute atomic E-state index is 12.1. The fraction of sp³-hybridized carbons (Fsp3) is 0.923. The Balaban J connectivity index is 4.19. The molecule has 0 aliphatic heterocycles. The standard InChI is InChI=1S/C13H28N2O3/c1-4-7-12(14)13(16)15(8-10-17-5-2)9-11-18-6-3/h12H,4-11,14H2,1-3H3/t12-/m0/s1. The summed E-state index contributed by atoms with van der Waals surface area (Å²) in [5, 5.41) is 0. The second-order valence-corrected chi connectivity index (χ2v) is 4.11. The first kappa shape index (κ1) is 17.4. The molecule has 0 radical (unpaired) electrons. The summed E-state index contributed by atoms with van der Waals surface area (Å²) in [5.74, 6) is -0.00347. The minimum absolute atomic E-state index is 0.00347. The Bertz CT molecular complexity index is 202. The highest BCUT2D eigenvalue weighted by Gasteiger charge is 2.19. The van der Waals surface area contributed by atoms with E-state index in [0.717, 1.165) is 12.8 Å². The Morgan fingerprint density at radius 2 is 1.61 bits per heavy atom. The number of nitrogens with zero attached hydrogens (tertiary/aromatic N) is 1. The van der Waals surface area contributed by atoms with Gasteiger partial charge in [-0.2, -0.15) is 0 Å². The number of carbonyl (C=O) groups excluding carboxylic acids is 1. The molecule has 0 aromatic heterocycles. The van der Waals surface area contributed by atoms with Gasteiger partial charge in [0, 0.05) is 26.3 Å². The highest BCUT2D eigenvalue weighted by atomic mass is 16.5. The van der Waals surface area contributed by atoms with Crippen molar-refractivity contribution in [3.8, 4) is 0 Å². The maximum Gasteiger partial charge on any atom is 0.239 e. The minimum Gasteiger partial charge on any atom is -0.380 e. The summed E-state index contributed by atoms with van der Waals surface area (Å²) in [5.41, 5.74) is 5.86. The number of carbonyl (C=O) groups is 1. The number of hydrogen-bond acceptors (Lipinski definition) is 4. The van der Waals surface area contributed by atoms with E-state index in [1.54, 1.807) is 4.90 Å². The van der Waals surface area contributed by atoms with E-state index in [0.29, 0.717) is 39.5 Å². The van der Waals surface area contributed by atoms with Gasteiger partial charge in [0.1, 0.15) is 0 Å². The smallest absolute Gasteiger partial charge is 0.239 e. The second-order valence-electron chi connectivity index (χ2n) is 4.11. The van der Waals surface area contributed by atoms with Crippen molar-refractivity contribution in [2.45, 2.75) is 39.7 Å². The Kier molecular flexibility index (Phi) is 11.0. The molecule has 0 saturated carbocycles. The van der Waals surface area contributed by atoms with E-state index in [9.17, 15) is 4.79 Å². The van der Waals surface area contributed by atoms with E-state index in [1.165, 1.54) is 0 Å². The molecule has 0 heterocycles. The van der Waals surface area contributed by atoms with Gasteiger partial charge in [-0.05, 0) is 20.3 Å². The van der Waals surface area contributed by atoms with E-state index >= 15 is 0 Å². The van der Waals surface area contributed by atoms with Crippen LogP contribution >= 0.6 is 0 Å². The molecule has 2 N–H and O–H groups in total. The Morgan fingerprint density at radius 1 is 1.11 bits per heavy atom. The molecule has 18 heavy (non-hydrogen) atoms. The van der Waals surface area contributed by atoms with E-state index in [4.69, 9.17) is 15.2 Å². The first-order valence-electron chi connectivity index (χ1n) is 6.87. The predicted octanol–water partition coefficient (Wildman–Crippen LogP) is 1.02. The van der Waals surface area contributed by atoms with Crippen LogP contribution in [0.4, 0.5) is 0 Å². The van der Waals surface area contributed by atoms with Crippen LogP contribution in [0.2, 0.25) is 0 Å². The number of hydrogen-bond donors (Lipinski definition) is 1. The van der Waals surface area contributed by atoms with Crippen LogP contribution in [0.1, 0.15) is 33.6 Å². The van der Waals surface area contributed by atoms with Crippen LogP contribution in [0.25, 0.3) is 0 Å². The van der Waals surface area contributed by atoms with Crippen LogP contribution in [0.15, 0.2) is 0 Å². The third-order valence-electron chi connectivity index (χ3n) is 2.65. The Hall–Kier alpha value is -0.650. The van der Waals surface area contributed by atoms with E-state index in [2.05, 4.69) is 0 Å². The molecule has 5 heteroatoms. The van der Waals surface area contributed by atoms with E-state index < -0.39 is 6.04 Å². The monoisotopic (exact) mass is 260 g/mol. The van der Waals surface area contributed by atoms with Gasteiger partial charge >= 0.3 is 0 Å². The van der Waals surface area contributed by atoms with Crippen molar-refractivity contribution >= 4 is 5.91 Å². The molecule has 0 rings (SSSR count). The summed E-state index contributed by atoms with van der Waals surface area (Å²) in [4.78, 5) is 13.9. The molecule has 0 aromatic rings. The summed E-state index contributed by atoms with van der Waals surface area (Å²) in [6, 6.07) is -0.404. The van der Waals surface area contributed by atoms with Crippen LogP contribution in [-0.2, 0) is 14.3 Å². The van der Waals surface area contributed by atoms with Crippen LogP contribution in [0.5, 0.6) is 0 Å². The third-order valence-corrected chi connectivity index (χ3v) is 2.65. The topological polar surface area (TPSA) is 64.8 Å². The number of amides is 1. The van der Waals surface area contributed by atoms with Gasteiger partial charge in [0.2, 0.25) is 5.91 Å². The first-order chi connectivity index (χ1) is 8.67. The van der Waals surface area contributed by atoms with Gasteiger partial charge < -0.3 is 20.1 Å². The molecule has 1 amide bonds. The van der Waals surface area contributed by atoms with E-state index in [1.807, 2.05) is 20.8 Å². The summed E-state index contributed by atoms with van der Waals surface area (Å²) < 4.78 is 10.6. The molecule has 0 unspecified atom stereocenters. The molecule has 108 valence electrons. The maximum atomic E-state index is 12.1. The largest absolute Gasteiger partial charge is 0.380 e. The van der Waals surface area contributed by atoms with Crippen molar-refractivity contribution in [3.63, 3.8) is 0 Å². The van der Waals surface area contributed by atoms with Gasteiger partial charge in [-0.25, -0.2) is 0 Å². The van der Waals surface area contributed by atoms with Crippen molar-refractivity contribution in [1.29, 1.82) is 0 Å². The van der Waals surface area contributed by atoms with E-state index in [-0.39, 0.29) is 5.91 Å². The average Bonchev–Trinajstić information content (AvgIpc) is 2.37. The first-order valence-corrected chi connectivity index (χ1v) is 6.87. The molecule has 5 nitrogen and oxygen atoms in total. The van der Waals surface area contributed by atoms with Gasteiger partial charge in [-0.1, -0.05) is 13.3 Å². The molecule has 0 saturated heterocycles. The molecule has 0 aromatic carbocycles. The summed E-state index contributed by atoms with van der Waals surface area (Å²) >= 11 is 0. The lowest BCUT2D eigenvalue weighted by Gasteiger charge is -2.25. The van der Waals surface area contributed by atoms with Crippen LogP contribution < -0.4 is 5.73 Å². The number of rotatable bonds is 11. The molecule has 0 spiro atoms. The second kappa shape index (κ2) is 11.4. The molecular formula is C13H28N2O3. The third kappa shape index (κ3) is 7.63. The van der Waals surface area contributed by atoms with Gasteiger partial charge in [-0.3, -0.25) is 4.79 Å². The number of ether oxygens (including phenoxy) is 2. The zero-order chi connectivity index (χ0) is 13.8. The Labute approximate surface area is 111 Å². The van der Waals surface area contributed by atoms with Gasteiger partial charge in [0.15, 0.2) is 0 Å². The zero-order valence-electron chi connectivity index (χ0n) is 12.0. The highest BCUT2D eigenvalue weighted by molar-refractivity contribution is 5.81. The van der Waals surface area contributed by atoms with Crippen molar-refractivity contribution in [2.75, 3.05) is 39.5 Å². The molecule has 0 bridgehead atoms. The molecule has 0 aliphatic carbocycles. The van der Waals surface area contributed by atoms with Gasteiger partial charge in [0.25, 0.3) is 0 Å². The Morgan fingerprint density at radius 3 is 2.00 bits per heavy atom. The van der Waals surface area contributed by atoms with Gasteiger partial charge in [-0.15, -0.1) is 0 Å². The summed E-state index contributed by atoms with van der Waals surface area (Å²) in [6.07, 6.45) is 1.64. The van der Waals surface area contributed by atoms with Gasteiger partial charge in [0.05, 0.1) is 19.3 Å². The molecule has 0 fully saturated rings. The lowest BCUT2D eigenvalue weighted by Crippen LogP contribution is -2.46. The molecule has 0 aliphatic rings. The zero-order valence-corrected chi connectivity index (χ0v) is 12.0. The lowest BCUT2D eigenvalue weighted by molar-refractivity contribution is -0.134. The van der Waals surface area contributed by atoms with Crippen LogP contribution in [0.3, 0.4) is 0 Å². The fourth-order valence-corrected chi connectivity index (χ4v) is 1.64. The van der Waals surface area contributed by atoms with Crippen LogP contribution in [0, 0.1) is 0 Å². The SMILES string of the molecule is CCC[C@H](N)C(=O)N(CCOCC)CCOCC. The average molecular weight is 260 g/mol. The molecule has 1 atom stereocenters. The highest BCUT2D eigenvalue weighted by Crippen LogP contribution is 2.00. The predicted molar refractivity (Wildman–Crippen MR) is 72.4 cm³/mol.